The van der Waals surface area contributed by atoms with Crippen molar-refractivity contribution in [1.29, 1.82) is 0 Å². The van der Waals surface area contributed by atoms with E-state index < -0.39 is 6.03 Å². The van der Waals surface area contributed by atoms with Crippen LogP contribution in [0.4, 0.5) is 16.2 Å². The van der Waals surface area contributed by atoms with Gasteiger partial charge < -0.3 is 10.2 Å². The standard InChI is InChI=1S/C21H25N5O4/c27-20(23-21(28)22-16-17-6-2-1-3-7-17)10-11-24-12-14-25(15-13-24)18-8-4-5-9-19(18)26(29)30/h1-9H,10-16H2,(H2,22,23,27,28). The van der Waals surface area contributed by atoms with E-state index in [1.54, 1.807) is 18.2 Å². The number of piperazine rings is 1. The maximum absolute atomic E-state index is 12.0. The molecule has 9 nitrogen and oxygen atoms in total. The number of amides is 3. The highest BCUT2D eigenvalue weighted by Gasteiger charge is 2.23. The van der Waals surface area contributed by atoms with Crippen LogP contribution >= 0.6 is 0 Å². The molecule has 0 unspecified atom stereocenters. The lowest BCUT2D eigenvalue weighted by atomic mass is 10.2. The van der Waals surface area contributed by atoms with E-state index in [9.17, 15) is 19.7 Å². The Kier molecular flexibility index (Phi) is 7.34. The maximum atomic E-state index is 12.0. The molecule has 0 aromatic heterocycles. The van der Waals surface area contributed by atoms with Crippen molar-refractivity contribution >= 4 is 23.3 Å². The maximum Gasteiger partial charge on any atom is 0.321 e. The highest BCUT2D eigenvalue weighted by Crippen LogP contribution is 2.28. The highest BCUT2D eigenvalue weighted by molar-refractivity contribution is 5.94. The largest absolute Gasteiger partial charge is 0.363 e. The van der Waals surface area contributed by atoms with E-state index in [4.69, 9.17) is 0 Å². The van der Waals surface area contributed by atoms with Gasteiger partial charge in [-0.1, -0.05) is 42.5 Å². The van der Waals surface area contributed by atoms with Crippen LogP contribution in [0.15, 0.2) is 54.6 Å². The van der Waals surface area contributed by atoms with E-state index >= 15 is 0 Å². The number of rotatable bonds is 7. The average molecular weight is 411 g/mol. The molecule has 2 N–H and O–H groups in total. The fourth-order valence-corrected chi connectivity index (χ4v) is 3.37. The summed E-state index contributed by atoms with van der Waals surface area (Å²) in [5.74, 6) is -0.332. The van der Waals surface area contributed by atoms with Gasteiger partial charge in [0.15, 0.2) is 0 Å². The van der Waals surface area contributed by atoms with Crippen molar-refractivity contribution in [2.24, 2.45) is 0 Å². The molecule has 0 saturated carbocycles. The third-order valence-electron chi connectivity index (χ3n) is 5.00. The molecule has 0 aliphatic carbocycles. The van der Waals surface area contributed by atoms with Gasteiger partial charge in [-0.05, 0) is 11.6 Å². The van der Waals surface area contributed by atoms with Gasteiger partial charge in [-0.3, -0.25) is 25.1 Å². The van der Waals surface area contributed by atoms with E-state index in [-0.39, 0.29) is 22.9 Å². The number of para-hydroxylation sites is 2. The van der Waals surface area contributed by atoms with Gasteiger partial charge in [-0.25, -0.2) is 4.79 Å². The van der Waals surface area contributed by atoms with Gasteiger partial charge in [-0.2, -0.15) is 0 Å². The number of urea groups is 1. The molecule has 2 aromatic carbocycles. The lowest BCUT2D eigenvalue weighted by Gasteiger charge is -2.35. The molecule has 1 aliphatic heterocycles. The van der Waals surface area contributed by atoms with E-state index in [1.165, 1.54) is 6.07 Å². The topological polar surface area (TPSA) is 108 Å². The second kappa shape index (κ2) is 10.4. The predicted molar refractivity (Wildman–Crippen MR) is 113 cm³/mol. The van der Waals surface area contributed by atoms with Crippen LogP contribution in [0, 0.1) is 10.1 Å². The lowest BCUT2D eigenvalue weighted by Crippen LogP contribution is -2.48. The van der Waals surface area contributed by atoms with Gasteiger partial charge in [0, 0.05) is 51.8 Å². The minimum atomic E-state index is -0.509. The number of hydrogen-bond donors (Lipinski definition) is 2. The smallest absolute Gasteiger partial charge is 0.321 e. The van der Waals surface area contributed by atoms with Gasteiger partial charge in [0.1, 0.15) is 5.69 Å². The van der Waals surface area contributed by atoms with Crippen molar-refractivity contribution in [1.82, 2.24) is 15.5 Å². The normalized spacial score (nSPS) is 14.2. The molecule has 0 radical (unpaired) electrons. The van der Waals surface area contributed by atoms with Gasteiger partial charge in [0.2, 0.25) is 5.91 Å². The summed E-state index contributed by atoms with van der Waals surface area (Å²) in [6.07, 6.45) is 0.213. The van der Waals surface area contributed by atoms with Crippen LogP contribution in [-0.2, 0) is 11.3 Å². The number of nitrogens with zero attached hydrogens (tertiary/aromatic N) is 3. The fraction of sp³-hybridized carbons (Fsp3) is 0.333. The molecule has 9 heteroatoms. The third kappa shape index (κ3) is 6.02. The Hall–Kier alpha value is -3.46. The Morgan fingerprint density at radius 2 is 1.63 bits per heavy atom. The Morgan fingerprint density at radius 3 is 2.33 bits per heavy atom. The third-order valence-corrected chi connectivity index (χ3v) is 5.00. The highest BCUT2D eigenvalue weighted by atomic mass is 16.6. The summed E-state index contributed by atoms with van der Waals surface area (Å²) < 4.78 is 0. The first kappa shape index (κ1) is 21.3. The van der Waals surface area contributed by atoms with Crippen molar-refractivity contribution in [3.8, 4) is 0 Å². The molecule has 3 amide bonds. The van der Waals surface area contributed by atoms with Crippen LogP contribution in [0.5, 0.6) is 0 Å². The van der Waals surface area contributed by atoms with E-state index in [1.807, 2.05) is 35.2 Å². The molecule has 158 valence electrons. The van der Waals surface area contributed by atoms with Crippen LogP contribution in [0.25, 0.3) is 0 Å². The fourth-order valence-electron chi connectivity index (χ4n) is 3.37. The summed E-state index contributed by atoms with van der Waals surface area (Å²) in [7, 11) is 0. The van der Waals surface area contributed by atoms with Gasteiger partial charge in [0.25, 0.3) is 5.69 Å². The van der Waals surface area contributed by atoms with Gasteiger partial charge in [0.05, 0.1) is 4.92 Å². The number of nitro benzene ring substituents is 1. The molecule has 0 bridgehead atoms. The van der Waals surface area contributed by atoms with Crippen LogP contribution in [-0.4, -0.2) is 54.5 Å². The number of carbonyl (C=O) groups is 2. The van der Waals surface area contributed by atoms with Crippen LogP contribution < -0.4 is 15.5 Å². The SMILES string of the molecule is O=C(CCN1CCN(c2ccccc2[N+](=O)[O-])CC1)NC(=O)NCc1ccccc1. The quantitative estimate of drug-likeness (QED) is 0.534. The number of nitrogens with one attached hydrogen (secondary N) is 2. The molecule has 1 heterocycles. The summed E-state index contributed by atoms with van der Waals surface area (Å²) in [6.45, 7) is 3.56. The summed E-state index contributed by atoms with van der Waals surface area (Å²) in [5, 5.41) is 16.2. The number of carbonyl (C=O) groups excluding carboxylic acids is 2. The van der Waals surface area contributed by atoms with Crippen molar-refractivity contribution in [2.75, 3.05) is 37.6 Å². The van der Waals surface area contributed by atoms with Crippen molar-refractivity contribution in [3.63, 3.8) is 0 Å². The Bertz CT molecular complexity index is 882. The zero-order valence-corrected chi connectivity index (χ0v) is 16.6. The number of imide groups is 1. The van der Waals surface area contributed by atoms with Crippen molar-refractivity contribution < 1.29 is 14.5 Å². The number of anilines is 1. The first-order valence-corrected chi connectivity index (χ1v) is 9.85. The van der Waals surface area contributed by atoms with Gasteiger partial charge >= 0.3 is 6.03 Å². The summed E-state index contributed by atoms with van der Waals surface area (Å²) >= 11 is 0. The molecule has 2 aromatic rings. The summed E-state index contributed by atoms with van der Waals surface area (Å²) in [6, 6.07) is 15.7. The molecule has 0 spiro atoms. The monoisotopic (exact) mass is 411 g/mol. The van der Waals surface area contributed by atoms with E-state index in [0.717, 1.165) is 5.56 Å². The zero-order valence-electron chi connectivity index (χ0n) is 16.6. The average Bonchev–Trinajstić information content (AvgIpc) is 2.77. The van der Waals surface area contributed by atoms with Crippen LogP contribution in [0.1, 0.15) is 12.0 Å². The Morgan fingerprint density at radius 1 is 0.967 bits per heavy atom. The molecule has 1 saturated heterocycles. The molecule has 1 fully saturated rings. The molecule has 1 aliphatic rings. The first-order chi connectivity index (χ1) is 14.5. The van der Waals surface area contributed by atoms with Crippen LogP contribution in [0.3, 0.4) is 0 Å². The summed E-state index contributed by atoms with van der Waals surface area (Å²) in [4.78, 5) is 38.8. The number of benzene rings is 2. The Labute approximate surface area is 174 Å². The van der Waals surface area contributed by atoms with Gasteiger partial charge in [-0.15, -0.1) is 0 Å². The molecule has 0 atom stereocenters. The minimum Gasteiger partial charge on any atom is -0.363 e. The minimum absolute atomic E-state index is 0.104. The molecule has 30 heavy (non-hydrogen) atoms. The number of hydrogen-bond acceptors (Lipinski definition) is 6. The molecule has 3 rings (SSSR count). The van der Waals surface area contributed by atoms with E-state index in [2.05, 4.69) is 15.5 Å². The van der Waals surface area contributed by atoms with Crippen LogP contribution in [0.2, 0.25) is 0 Å². The second-order valence-corrected chi connectivity index (χ2v) is 7.04. The predicted octanol–water partition coefficient (Wildman–Crippen LogP) is 2.13. The first-order valence-electron chi connectivity index (χ1n) is 9.85. The number of nitro groups is 1. The second-order valence-electron chi connectivity index (χ2n) is 7.04. The Balaban J connectivity index is 1.38. The molecular weight excluding hydrogens is 386 g/mol. The summed E-state index contributed by atoms with van der Waals surface area (Å²) in [5.41, 5.74) is 1.68. The molecular formula is C21H25N5O4. The van der Waals surface area contributed by atoms with Crippen molar-refractivity contribution in [3.05, 3.63) is 70.3 Å². The lowest BCUT2D eigenvalue weighted by molar-refractivity contribution is -0.384. The van der Waals surface area contributed by atoms with Crippen molar-refractivity contribution in [2.45, 2.75) is 13.0 Å². The zero-order chi connectivity index (χ0) is 21.3. The van der Waals surface area contributed by atoms with E-state index in [0.29, 0.717) is 45.0 Å².